The minimum absolute atomic E-state index is 0.397. The van der Waals surface area contributed by atoms with Crippen molar-refractivity contribution < 1.29 is 4.79 Å². The van der Waals surface area contributed by atoms with Crippen LogP contribution in [0.15, 0.2) is 0 Å². The smallest absolute Gasteiger partial charge is 0.222 e. The molecule has 0 spiro atoms. The molecule has 1 amide bonds. The van der Waals surface area contributed by atoms with E-state index in [-0.39, 0.29) is 0 Å². The summed E-state index contributed by atoms with van der Waals surface area (Å²) in [5, 5.41) is 0. The molecule has 2 aliphatic rings. The van der Waals surface area contributed by atoms with E-state index in [1.54, 1.807) is 0 Å². The molecule has 16 heavy (non-hydrogen) atoms. The molecule has 92 valence electrons. The molecule has 2 aliphatic heterocycles. The lowest BCUT2D eigenvalue weighted by molar-refractivity contribution is -0.136. The van der Waals surface area contributed by atoms with E-state index in [0.717, 1.165) is 19.5 Å². The zero-order valence-electron chi connectivity index (χ0n) is 10.6. The maximum absolute atomic E-state index is 11.8. The zero-order valence-corrected chi connectivity index (χ0v) is 10.6. The first-order valence-corrected chi connectivity index (χ1v) is 6.68. The van der Waals surface area contributed by atoms with Gasteiger partial charge in [0.1, 0.15) is 0 Å². The van der Waals surface area contributed by atoms with E-state index in [2.05, 4.69) is 18.7 Å². The van der Waals surface area contributed by atoms with Crippen LogP contribution in [0.4, 0.5) is 0 Å². The molecule has 0 saturated carbocycles. The van der Waals surface area contributed by atoms with Crippen LogP contribution >= 0.6 is 0 Å². The van der Waals surface area contributed by atoms with Crippen LogP contribution < -0.4 is 0 Å². The van der Waals surface area contributed by atoms with Gasteiger partial charge in [0.15, 0.2) is 0 Å². The van der Waals surface area contributed by atoms with E-state index in [4.69, 9.17) is 0 Å². The van der Waals surface area contributed by atoms with Crippen molar-refractivity contribution in [2.75, 3.05) is 26.2 Å². The molecule has 3 nitrogen and oxygen atoms in total. The minimum atomic E-state index is 0.397. The van der Waals surface area contributed by atoms with E-state index in [0.29, 0.717) is 17.9 Å². The molecule has 0 aromatic heterocycles. The maximum atomic E-state index is 11.8. The molecule has 0 aromatic carbocycles. The van der Waals surface area contributed by atoms with Crippen LogP contribution in [-0.2, 0) is 4.79 Å². The Morgan fingerprint density at radius 3 is 2.25 bits per heavy atom. The summed E-state index contributed by atoms with van der Waals surface area (Å²) in [6.45, 7) is 8.87. The Bertz CT molecular complexity index is 240. The molecular formula is C13H24N2O. The average molecular weight is 224 g/mol. The molecule has 0 bridgehead atoms. The highest BCUT2D eigenvalue weighted by Gasteiger charge is 2.26. The first-order chi connectivity index (χ1) is 7.66. The van der Waals surface area contributed by atoms with E-state index in [9.17, 15) is 4.79 Å². The van der Waals surface area contributed by atoms with Gasteiger partial charge in [-0.2, -0.15) is 0 Å². The fourth-order valence-electron chi connectivity index (χ4n) is 2.62. The molecule has 0 radical (unpaired) electrons. The molecule has 2 heterocycles. The lowest BCUT2D eigenvalue weighted by Gasteiger charge is -2.36. The molecule has 0 aromatic rings. The van der Waals surface area contributed by atoms with Crippen molar-refractivity contribution in [3.63, 3.8) is 0 Å². The highest BCUT2D eigenvalue weighted by atomic mass is 16.2. The van der Waals surface area contributed by atoms with Crippen LogP contribution in [0.3, 0.4) is 0 Å². The number of hydrogen-bond acceptors (Lipinski definition) is 2. The highest BCUT2D eigenvalue weighted by molar-refractivity contribution is 5.77. The average Bonchev–Trinajstić information content (AvgIpc) is 2.15. The van der Waals surface area contributed by atoms with Crippen LogP contribution in [0, 0.1) is 5.92 Å². The summed E-state index contributed by atoms with van der Waals surface area (Å²) in [7, 11) is 0. The number of likely N-dealkylation sites (tertiary alicyclic amines) is 2. The van der Waals surface area contributed by atoms with Gasteiger partial charge in [0.05, 0.1) is 0 Å². The standard InChI is InChI=1S/C13H24N2O/c1-11(2)14-8-4-12(5-9-14)10-13(16)15-6-3-7-15/h11-12H,3-10H2,1-2H3. The van der Waals surface area contributed by atoms with Gasteiger partial charge in [0, 0.05) is 25.6 Å². The van der Waals surface area contributed by atoms with Gasteiger partial charge in [-0.25, -0.2) is 0 Å². The van der Waals surface area contributed by atoms with Crippen LogP contribution in [0.25, 0.3) is 0 Å². The lowest BCUT2D eigenvalue weighted by Crippen LogP contribution is -2.44. The number of amides is 1. The molecule has 0 aliphatic carbocycles. The fraction of sp³-hybridized carbons (Fsp3) is 0.923. The van der Waals surface area contributed by atoms with Crippen molar-refractivity contribution in [3.8, 4) is 0 Å². The van der Waals surface area contributed by atoms with Crippen molar-refractivity contribution in [1.82, 2.24) is 9.80 Å². The van der Waals surface area contributed by atoms with Crippen molar-refractivity contribution >= 4 is 5.91 Å². The van der Waals surface area contributed by atoms with Crippen LogP contribution in [0.1, 0.15) is 39.5 Å². The van der Waals surface area contributed by atoms with Gasteiger partial charge < -0.3 is 9.80 Å². The number of carbonyl (C=O) groups is 1. The Kier molecular flexibility index (Phi) is 3.85. The van der Waals surface area contributed by atoms with Crippen molar-refractivity contribution in [2.45, 2.75) is 45.6 Å². The lowest BCUT2D eigenvalue weighted by atomic mass is 9.92. The first kappa shape index (κ1) is 11.9. The Balaban J connectivity index is 1.70. The van der Waals surface area contributed by atoms with E-state index < -0.39 is 0 Å². The molecule has 2 saturated heterocycles. The summed E-state index contributed by atoms with van der Waals surface area (Å²) in [6, 6.07) is 0.659. The predicted octanol–water partition coefficient (Wildman–Crippen LogP) is 1.73. The third kappa shape index (κ3) is 2.76. The van der Waals surface area contributed by atoms with E-state index in [1.807, 2.05) is 4.90 Å². The van der Waals surface area contributed by atoms with Gasteiger partial charge >= 0.3 is 0 Å². The normalized spacial score (nSPS) is 23.6. The molecule has 2 fully saturated rings. The number of hydrogen-bond donors (Lipinski definition) is 0. The summed E-state index contributed by atoms with van der Waals surface area (Å²) in [5.41, 5.74) is 0. The second kappa shape index (κ2) is 5.17. The third-order valence-corrected chi connectivity index (χ3v) is 4.05. The Hall–Kier alpha value is -0.570. The van der Waals surface area contributed by atoms with Gasteiger partial charge in [0.2, 0.25) is 5.91 Å². The Morgan fingerprint density at radius 1 is 1.19 bits per heavy atom. The summed E-state index contributed by atoms with van der Waals surface area (Å²) in [6.07, 6.45) is 4.42. The predicted molar refractivity (Wildman–Crippen MR) is 65.2 cm³/mol. The molecule has 3 heteroatoms. The molecule has 0 N–H and O–H groups in total. The fourth-order valence-corrected chi connectivity index (χ4v) is 2.62. The quantitative estimate of drug-likeness (QED) is 0.729. The largest absolute Gasteiger partial charge is 0.343 e. The van der Waals surface area contributed by atoms with Crippen molar-refractivity contribution in [1.29, 1.82) is 0 Å². The van der Waals surface area contributed by atoms with Gasteiger partial charge in [-0.3, -0.25) is 4.79 Å². The second-order valence-corrected chi connectivity index (χ2v) is 5.51. The minimum Gasteiger partial charge on any atom is -0.343 e. The van der Waals surface area contributed by atoms with Gasteiger partial charge in [-0.05, 0) is 52.1 Å². The van der Waals surface area contributed by atoms with Crippen LogP contribution in [-0.4, -0.2) is 47.9 Å². The zero-order chi connectivity index (χ0) is 11.5. The van der Waals surface area contributed by atoms with E-state index >= 15 is 0 Å². The molecule has 2 rings (SSSR count). The maximum Gasteiger partial charge on any atom is 0.222 e. The summed E-state index contributed by atoms with van der Waals surface area (Å²) in [4.78, 5) is 16.3. The number of rotatable bonds is 3. The van der Waals surface area contributed by atoms with E-state index in [1.165, 1.54) is 32.4 Å². The van der Waals surface area contributed by atoms with Crippen LogP contribution in [0.5, 0.6) is 0 Å². The van der Waals surface area contributed by atoms with Crippen LogP contribution in [0.2, 0.25) is 0 Å². The SMILES string of the molecule is CC(C)N1CCC(CC(=O)N2CCC2)CC1. The molecule has 0 atom stereocenters. The van der Waals surface area contributed by atoms with Crippen molar-refractivity contribution in [3.05, 3.63) is 0 Å². The molecular weight excluding hydrogens is 200 g/mol. The summed E-state index contributed by atoms with van der Waals surface area (Å²) < 4.78 is 0. The number of piperidine rings is 1. The van der Waals surface area contributed by atoms with Gasteiger partial charge in [-0.1, -0.05) is 0 Å². The monoisotopic (exact) mass is 224 g/mol. The summed E-state index contributed by atoms with van der Waals surface area (Å²) in [5.74, 6) is 1.04. The number of nitrogens with zero attached hydrogens (tertiary/aromatic N) is 2. The Morgan fingerprint density at radius 2 is 1.81 bits per heavy atom. The number of carbonyl (C=O) groups excluding carboxylic acids is 1. The molecule has 0 unspecified atom stereocenters. The first-order valence-electron chi connectivity index (χ1n) is 6.68. The summed E-state index contributed by atoms with van der Waals surface area (Å²) >= 11 is 0. The topological polar surface area (TPSA) is 23.6 Å². The highest BCUT2D eigenvalue weighted by Crippen LogP contribution is 2.23. The van der Waals surface area contributed by atoms with Crippen molar-refractivity contribution in [2.24, 2.45) is 5.92 Å². The second-order valence-electron chi connectivity index (χ2n) is 5.51. The van der Waals surface area contributed by atoms with Gasteiger partial charge in [0.25, 0.3) is 0 Å². The Labute approximate surface area is 98.8 Å². The van der Waals surface area contributed by atoms with Gasteiger partial charge in [-0.15, -0.1) is 0 Å². The third-order valence-electron chi connectivity index (χ3n) is 4.05.